The second-order valence-electron chi connectivity index (χ2n) is 8.23. The van der Waals surface area contributed by atoms with Gasteiger partial charge in [-0.3, -0.25) is 14.6 Å². The molecule has 0 atom stereocenters. The molecule has 0 spiro atoms. The first-order chi connectivity index (χ1) is 15.2. The van der Waals surface area contributed by atoms with Crippen LogP contribution in [0.25, 0.3) is 10.8 Å². The monoisotopic (exact) mass is 437 g/mol. The maximum absolute atomic E-state index is 12.3. The van der Waals surface area contributed by atoms with Crippen molar-refractivity contribution >= 4 is 22.9 Å². The van der Waals surface area contributed by atoms with Gasteiger partial charge in [0.2, 0.25) is 11.8 Å². The number of benzene rings is 1. The first-order valence-electron chi connectivity index (χ1n) is 11.0. The van der Waals surface area contributed by atoms with Gasteiger partial charge in [-0.05, 0) is 49.4 Å². The zero-order valence-electron chi connectivity index (χ0n) is 17.5. The van der Waals surface area contributed by atoms with E-state index in [0.717, 1.165) is 36.7 Å². The molecular weight excluding hydrogens is 410 g/mol. The number of aromatic nitrogens is 2. The second kappa shape index (κ2) is 9.30. The molecule has 2 aromatic heterocycles. The van der Waals surface area contributed by atoms with Crippen molar-refractivity contribution in [1.82, 2.24) is 20.0 Å². The Hall–Kier alpha value is -2.55. The van der Waals surface area contributed by atoms with E-state index in [1.807, 2.05) is 30.3 Å². The Balaban J connectivity index is 1.10. The highest BCUT2D eigenvalue weighted by Gasteiger charge is 2.22. The van der Waals surface area contributed by atoms with Crippen LogP contribution in [0.3, 0.4) is 0 Å². The lowest BCUT2D eigenvalue weighted by atomic mass is 9.99. The summed E-state index contributed by atoms with van der Waals surface area (Å²) in [6, 6.07) is 11.8. The van der Waals surface area contributed by atoms with Gasteiger partial charge in [0.1, 0.15) is 0 Å². The van der Waals surface area contributed by atoms with E-state index in [2.05, 4.69) is 31.4 Å². The lowest BCUT2D eigenvalue weighted by Crippen LogP contribution is -2.48. The van der Waals surface area contributed by atoms with Crippen LogP contribution >= 0.6 is 11.3 Å². The summed E-state index contributed by atoms with van der Waals surface area (Å²) < 4.78 is 5.98. The fourth-order valence-electron chi connectivity index (χ4n) is 4.24. The highest BCUT2D eigenvalue weighted by Crippen LogP contribution is 2.35. The molecule has 1 fully saturated rings. The molecule has 5 rings (SSSR count). The number of hydrogen-bond acceptors (Lipinski definition) is 7. The standard InChI is InChI=1S/C23H27N5O2S/c29-21(24-18-7-2-1-3-8-18)15-27-10-12-28(13-11-27)16-22-25-26-23(30-22)20-14-17-6-4-5-9-19(17)31-20/h1-3,7-8,14H,4-6,9-13,15-16H2,(H,24,29). The van der Waals surface area contributed by atoms with Crippen molar-refractivity contribution in [2.75, 3.05) is 38.0 Å². The van der Waals surface area contributed by atoms with Gasteiger partial charge in [0.25, 0.3) is 5.89 Å². The summed E-state index contributed by atoms with van der Waals surface area (Å²) in [4.78, 5) is 19.3. The number of nitrogens with one attached hydrogen (secondary N) is 1. The Bertz CT molecular complexity index is 1000. The van der Waals surface area contributed by atoms with E-state index in [9.17, 15) is 4.79 Å². The quantitative estimate of drug-likeness (QED) is 0.637. The van der Waals surface area contributed by atoms with E-state index < -0.39 is 0 Å². The number of nitrogens with zero attached hydrogens (tertiary/aromatic N) is 4. The number of anilines is 1. The molecule has 0 radical (unpaired) electrons. The molecule has 0 saturated carbocycles. The Morgan fingerprint density at radius 3 is 2.61 bits per heavy atom. The third-order valence-electron chi connectivity index (χ3n) is 5.92. The zero-order chi connectivity index (χ0) is 21.0. The molecular formula is C23H27N5O2S. The van der Waals surface area contributed by atoms with Gasteiger partial charge in [-0.15, -0.1) is 21.5 Å². The van der Waals surface area contributed by atoms with Crippen molar-refractivity contribution in [1.29, 1.82) is 0 Å². The smallest absolute Gasteiger partial charge is 0.257 e. The van der Waals surface area contributed by atoms with Gasteiger partial charge >= 0.3 is 0 Å². The minimum Gasteiger partial charge on any atom is -0.419 e. The number of carbonyl (C=O) groups excluding carboxylic acids is 1. The van der Waals surface area contributed by atoms with Gasteiger partial charge in [-0.1, -0.05) is 18.2 Å². The molecule has 8 heteroatoms. The highest BCUT2D eigenvalue weighted by molar-refractivity contribution is 7.15. The third kappa shape index (κ3) is 5.03. The predicted molar refractivity (Wildman–Crippen MR) is 121 cm³/mol. The SMILES string of the molecule is O=C(CN1CCN(Cc2nnc(-c3cc4c(s3)CCCC4)o2)CC1)Nc1ccccc1. The van der Waals surface area contributed by atoms with E-state index in [1.54, 1.807) is 11.3 Å². The van der Waals surface area contributed by atoms with Gasteiger partial charge in [0, 0.05) is 36.7 Å². The summed E-state index contributed by atoms with van der Waals surface area (Å²) >= 11 is 1.80. The molecule has 0 bridgehead atoms. The maximum atomic E-state index is 12.3. The third-order valence-corrected chi connectivity index (χ3v) is 7.15. The molecule has 1 aromatic carbocycles. The van der Waals surface area contributed by atoms with Gasteiger partial charge in [-0.25, -0.2) is 0 Å². The van der Waals surface area contributed by atoms with Crippen LogP contribution in [-0.4, -0.2) is 58.6 Å². The number of piperazine rings is 1. The largest absolute Gasteiger partial charge is 0.419 e. The zero-order valence-corrected chi connectivity index (χ0v) is 18.4. The number of para-hydroxylation sites is 1. The molecule has 31 heavy (non-hydrogen) atoms. The predicted octanol–water partition coefficient (Wildman–Crippen LogP) is 3.43. The first-order valence-corrected chi connectivity index (χ1v) is 11.8. The van der Waals surface area contributed by atoms with Crippen LogP contribution in [0.1, 0.15) is 29.2 Å². The molecule has 1 amide bonds. The molecule has 162 valence electrons. The van der Waals surface area contributed by atoms with Crippen molar-refractivity contribution in [2.24, 2.45) is 0 Å². The van der Waals surface area contributed by atoms with Gasteiger partial charge < -0.3 is 9.73 Å². The van der Waals surface area contributed by atoms with Crippen LogP contribution in [-0.2, 0) is 24.2 Å². The van der Waals surface area contributed by atoms with Crippen LogP contribution in [0, 0.1) is 0 Å². The number of rotatable bonds is 6. The van der Waals surface area contributed by atoms with E-state index >= 15 is 0 Å². The van der Waals surface area contributed by atoms with Crippen molar-refractivity contribution in [3.8, 4) is 10.8 Å². The molecule has 1 N–H and O–H groups in total. The summed E-state index contributed by atoms with van der Waals surface area (Å²) in [5.41, 5.74) is 2.29. The van der Waals surface area contributed by atoms with E-state index in [1.165, 1.54) is 36.1 Å². The van der Waals surface area contributed by atoms with Crippen LogP contribution < -0.4 is 5.32 Å². The summed E-state index contributed by atoms with van der Waals surface area (Å²) in [7, 11) is 0. The Kier molecular flexibility index (Phi) is 6.11. The van der Waals surface area contributed by atoms with Crippen molar-refractivity contribution in [3.63, 3.8) is 0 Å². The Morgan fingerprint density at radius 1 is 1.03 bits per heavy atom. The minimum absolute atomic E-state index is 0.0276. The number of fused-ring (bicyclic) bond motifs is 1. The molecule has 7 nitrogen and oxygen atoms in total. The molecule has 3 aromatic rings. The summed E-state index contributed by atoms with van der Waals surface area (Å²) in [5.74, 6) is 1.34. The lowest BCUT2D eigenvalue weighted by molar-refractivity contribution is -0.117. The lowest BCUT2D eigenvalue weighted by Gasteiger charge is -2.33. The van der Waals surface area contributed by atoms with Gasteiger partial charge in [-0.2, -0.15) is 0 Å². The summed E-state index contributed by atoms with van der Waals surface area (Å²) in [6.45, 7) is 4.52. The van der Waals surface area contributed by atoms with Crippen LogP contribution in [0.4, 0.5) is 5.69 Å². The fraction of sp³-hybridized carbons (Fsp3) is 0.435. The average molecular weight is 438 g/mol. The van der Waals surface area contributed by atoms with Crippen molar-refractivity contribution < 1.29 is 9.21 Å². The van der Waals surface area contributed by atoms with Crippen molar-refractivity contribution in [2.45, 2.75) is 32.2 Å². The topological polar surface area (TPSA) is 74.5 Å². The van der Waals surface area contributed by atoms with Crippen LogP contribution in [0.5, 0.6) is 0 Å². The average Bonchev–Trinajstić information content (AvgIpc) is 3.42. The van der Waals surface area contributed by atoms with E-state index in [4.69, 9.17) is 4.42 Å². The molecule has 1 aliphatic heterocycles. The number of amides is 1. The van der Waals surface area contributed by atoms with Crippen molar-refractivity contribution in [3.05, 3.63) is 52.7 Å². The van der Waals surface area contributed by atoms with Crippen LogP contribution in [0.2, 0.25) is 0 Å². The summed E-state index contributed by atoms with van der Waals surface area (Å²) in [6.07, 6.45) is 4.90. The van der Waals surface area contributed by atoms with Crippen LogP contribution in [0.15, 0.2) is 40.8 Å². The molecule has 2 aliphatic rings. The highest BCUT2D eigenvalue weighted by atomic mass is 32.1. The number of thiophene rings is 1. The molecule has 1 aliphatic carbocycles. The number of carbonyl (C=O) groups is 1. The number of aryl methyl sites for hydroxylation is 2. The molecule has 1 saturated heterocycles. The van der Waals surface area contributed by atoms with Gasteiger partial charge in [0.05, 0.1) is 18.0 Å². The molecule has 0 unspecified atom stereocenters. The van der Waals surface area contributed by atoms with Gasteiger partial charge in [0.15, 0.2) is 0 Å². The Labute approximate surface area is 186 Å². The normalized spacial score (nSPS) is 17.4. The number of hydrogen-bond donors (Lipinski definition) is 1. The Morgan fingerprint density at radius 2 is 1.81 bits per heavy atom. The maximum Gasteiger partial charge on any atom is 0.257 e. The first kappa shape index (κ1) is 20.4. The minimum atomic E-state index is 0.0276. The second-order valence-corrected chi connectivity index (χ2v) is 9.37. The molecule has 3 heterocycles. The summed E-state index contributed by atoms with van der Waals surface area (Å²) in [5, 5.41) is 11.5. The fourth-order valence-corrected chi connectivity index (χ4v) is 5.41. The van der Waals surface area contributed by atoms with E-state index in [0.29, 0.717) is 24.9 Å². The van der Waals surface area contributed by atoms with E-state index in [-0.39, 0.29) is 5.91 Å².